The van der Waals surface area contributed by atoms with Crippen LogP contribution < -0.4 is 9.47 Å². The molecule has 2 aliphatic heterocycles. The number of rotatable bonds is 2. The van der Waals surface area contributed by atoms with Crippen molar-refractivity contribution in [1.29, 1.82) is 0 Å². The number of ketones is 1. The Morgan fingerprint density at radius 3 is 2.80 bits per heavy atom. The number of ether oxygens (including phenoxy) is 3. The van der Waals surface area contributed by atoms with Gasteiger partial charge in [0.2, 0.25) is 5.78 Å². The fourth-order valence-electron chi connectivity index (χ4n) is 2.64. The lowest BCUT2D eigenvalue weighted by atomic mass is 10.1. The molecule has 7 nitrogen and oxygen atoms in total. The Labute approximate surface area is 143 Å². The quantitative estimate of drug-likeness (QED) is 0.782. The summed E-state index contributed by atoms with van der Waals surface area (Å²) in [6.07, 6.45) is 2.60. The van der Waals surface area contributed by atoms with E-state index in [1.54, 1.807) is 29.2 Å². The van der Waals surface area contributed by atoms with Gasteiger partial charge in [-0.2, -0.15) is 0 Å². The summed E-state index contributed by atoms with van der Waals surface area (Å²) in [7, 11) is 0. The monoisotopic (exact) mass is 341 g/mol. The minimum atomic E-state index is -0.445. The first kappa shape index (κ1) is 15.5. The first-order chi connectivity index (χ1) is 12.2. The molecule has 0 aliphatic carbocycles. The normalized spacial score (nSPS) is 18.2. The van der Waals surface area contributed by atoms with Crippen molar-refractivity contribution in [2.24, 2.45) is 0 Å². The van der Waals surface area contributed by atoms with E-state index in [-0.39, 0.29) is 11.5 Å². The van der Waals surface area contributed by atoms with Crippen molar-refractivity contribution in [2.75, 3.05) is 26.3 Å². The highest BCUT2D eigenvalue weighted by Gasteiger charge is 2.28. The van der Waals surface area contributed by atoms with Crippen LogP contribution in [0.2, 0.25) is 0 Å². The van der Waals surface area contributed by atoms with Gasteiger partial charge >= 0.3 is 6.09 Å². The van der Waals surface area contributed by atoms with Gasteiger partial charge in [0.25, 0.3) is 0 Å². The molecule has 7 heteroatoms. The van der Waals surface area contributed by atoms with E-state index in [1.807, 2.05) is 0 Å². The molecule has 25 heavy (non-hydrogen) atoms. The zero-order valence-corrected chi connectivity index (χ0v) is 13.3. The zero-order valence-electron chi connectivity index (χ0n) is 13.3. The standard InChI is InChI=1S/C18H15NO6/c20-17-14-4-3-13(24-18(21)19-5-8-22-9-6-19)11-15(14)25-16(17)10-12-2-1-7-23-12/h1-4,7,10-11H,5-6,8-9H2/b16-10-. The Hall–Kier alpha value is -3.06. The summed E-state index contributed by atoms with van der Waals surface area (Å²) in [4.78, 5) is 26.0. The number of benzene rings is 1. The molecule has 2 aliphatic rings. The van der Waals surface area contributed by atoms with Gasteiger partial charge in [0.15, 0.2) is 5.76 Å². The molecule has 4 rings (SSSR count). The molecule has 1 aromatic heterocycles. The Bertz CT molecular complexity index is 833. The molecule has 1 fully saturated rings. The third-order valence-corrected chi connectivity index (χ3v) is 3.93. The van der Waals surface area contributed by atoms with E-state index in [2.05, 4.69) is 0 Å². The van der Waals surface area contributed by atoms with Gasteiger partial charge in [0.05, 0.1) is 25.0 Å². The van der Waals surface area contributed by atoms with E-state index >= 15 is 0 Å². The van der Waals surface area contributed by atoms with Crippen LogP contribution in [0.5, 0.6) is 11.5 Å². The second kappa shape index (κ2) is 6.45. The van der Waals surface area contributed by atoms with Crippen LogP contribution in [0, 0.1) is 0 Å². The Balaban J connectivity index is 1.50. The highest BCUT2D eigenvalue weighted by Crippen LogP contribution is 2.35. The zero-order chi connectivity index (χ0) is 17.2. The van der Waals surface area contributed by atoms with Gasteiger partial charge in [-0.1, -0.05) is 0 Å². The van der Waals surface area contributed by atoms with Crippen molar-refractivity contribution in [3.05, 3.63) is 53.7 Å². The molecule has 1 aromatic carbocycles. The molecule has 0 spiro atoms. The summed E-state index contributed by atoms with van der Waals surface area (Å²) in [5.74, 6) is 1.13. The van der Waals surface area contributed by atoms with E-state index < -0.39 is 6.09 Å². The fraction of sp³-hybridized carbons (Fsp3) is 0.222. The van der Waals surface area contributed by atoms with Crippen molar-refractivity contribution in [1.82, 2.24) is 4.90 Å². The number of hydrogen-bond acceptors (Lipinski definition) is 6. The third kappa shape index (κ3) is 3.14. The molecule has 0 saturated carbocycles. The second-order valence-corrected chi connectivity index (χ2v) is 5.58. The maximum atomic E-state index is 12.3. The summed E-state index contributed by atoms with van der Waals surface area (Å²) >= 11 is 0. The van der Waals surface area contributed by atoms with Crippen molar-refractivity contribution in [2.45, 2.75) is 0 Å². The Morgan fingerprint density at radius 2 is 2.04 bits per heavy atom. The molecule has 0 radical (unpaired) electrons. The van der Waals surface area contributed by atoms with Gasteiger partial charge in [-0.25, -0.2) is 4.79 Å². The number of Topliss-reactive ketones (excluding diaryl/α,β-unsaturated/α-hetero) is 1. The number of nitrogens with zero attached hydrogens (tertiary/aromatic N) is 1. The largest absolute Gasteiger partial charge is 0.465 e. The molecule has 2 aromatic rings. The second-order valence-electron chi connectivity index (χ2n) is 5.58. The van der Waals surface area contributed by atoms with Crippen LogP contribution in [-0.2, 0) is 4.74 Å². The molecule has 0 atom stereocenters. The van der Waals surface area contributed by atoms with Crippen LogP contribution in [-0.4, -0.2) is 43.1 Å². The first-order valence-corrected chi connectivity index (χ1v) is 7.87. The van der Waals surface area contributed by atoms with Crippen LogP contribution in [0.3, 0.4) is 0 Å². The number of amides is 1. The van der Waals surface area contributed by atoms with Crippen LogP contribution in [0.15, 0.2) is 46.8 Å². The van der Waals surface area contributed by atoms with Gasteiger partial charge in [0, 0.05) is 25.2 Å². The molecule has 1 saturated heterocycles. The molecular formula is C18H15NO6. The maximum Gasteiger partial charge on any atom is 0.415 e. The highest BCUT2D eigenvalue weighted by atomic mass is 16.6. The lowest BCUT2D eigenvalue weighted by molar-refractivity contribution is 0.0416. The summed E-state index contributed by atoms with van der Waals surface area (Å²) in [6.45, 7) is 1.99. The summed E-state index contributed by atoms with van der Waals surface area (Å²) < 4.78 is 21.3. The minimum absolute atomic E-state index is 0.168. The van der Waals surface area contributed by atoms with Crippen LogP contribution in [0.1, 0.15) is 16.1 Å². The maximum absolute atomic E-state index is 12.3. The molecule has 1 amide bonds. The SMILES string of the molecule is O=C1/C(=C/c2ccco2)Oc2cc(OC(=O)N3CCOCC3)ccc21. The Morgan fingerprint density at radius 1 is 1.20 bits per heavy atom. The van der Waals surface area contributed by atoms with Crippen LogP contribution >= 0.6 is 0 Å². The predicted octanol–water partition coefficient (Wildman–Crippen LogP) is 2.73. The van der Waals surface area contributed by atoms with Crippen molar-refractivity contribution < 1.29 is 28.2 Å². The van der Waals surface area contributed by atoms with Gasteiger partial charge in [-0.3, -0.25) is 4.79 Å². The van der Waals surface area contributed by atoms with Gasteiger partial charge in [0.1, 0.15) is 17.3 Å². The topological polar surface area (TPSA) is 78.2 Å². The number of carbonyl (C=O) groups excluding carboxylic acids is 2. The van der Waals surface area contributed by atoms with E-state index in [9.17, 15) is 9.59 Å². The summed E-state index contributed by atoms with van der Waals surface area (Å²) in [5.41, 5.74) is 0.420. The number of hydrogen-bond donors (Lipinski definition) is 0. The van der Waals surface area contributed by atoms with Crippen molar-refractivity contribution in [3.63, 3.8) is 0 Å². The lowest BCUT2D eigenvalue weighted by Gasteiger charge is -2.25. The Kier molecular flexibility index (Phi) is 3.99. The van der Waals surface area contributed by atoms with Gasteiger partial charge in [-0.15, -0.1) is 0 Å². The molecule has 3 heterocycles. The number of fused-ring (bicyclic) bond motifs is 1. The smallest absolute Gasteiger partial charge is 0.415 e. The number of morpholine rings is 1. The van der Waals surface area contributed by atoms with Crippen molar-refractivity contribution >= 4 is 18.0 Å². The first-order valence-electron chi connectivity index (χ1n) is 7.87. The lowest BCUT2D eigenvalue weighted by Crippen LogP contribution is -2.42. The summed E-state index contributed by atoms with van der Waals surface area (Å²) in [6, 6.07) is 8.15. The van der Waals surface area contributed by atoms with E-state index in [4.69, 9.17) is 18.6 Å². The van der Waals surface area contributed by atoms with Crippen LogP contribution in [0.4, 0.5) is 4.79 Å². The number of carbonyl (C=O) groups is 2. The highest BCUT2D eigenvalue weighted by molar-refractivity contribution is 6.14. The third-order valence-electron chi connectivity index (χ3n) is 3.93. The average Bonchev–Trinajstić information content (AvgIpc) is 3.24. The van der Waals surface area contributed by atoms with E-state index in [1.165, 1.54) is 18.4 Å². The number of allylic oxidation sites excluding steroid dienone is 1. The van der Waals surface area contributed by atoms with E-state index in [0.717, 1.165) is 0 Å². The summed E-state index contributed by atoms with van der Waals surface area (Å²) in [5, 5.41) is 0. The molecule has 0 N–H and O–H groups in total. The molecule has 0 unspecified atom stereocenters. The molecule has 128 valence electrons. The van der Waals surface area contributed by atoms with Gasteiger partial charge < -0.3 is 23.5 Å². The minimum Gasteiger partial charge on any atom is -0.465 e. The predicted molar refractivity (Wildman–Crippen MR) is 86.5 cm³/mol. The molecular weight excluding hydrogens is 326 g/mol. The molecule has 0 bridgehead atoms. The fourth-order valence-corrected chi connectivity index (χ4v) is 2.64. The van der Waals surface area contributed by atoms with E-state index in [0.29, 0.717) is 49.1 Å². The van der Waals surface area contributed by atoms with Crippen LogP contribution in [0.25, 0.3) is 6.08 Å². The number of furan rings is 1. The van der Waals surface area contributed by atoms with Crippen molar-refractivity contribution in [3.8, 4) is 11.5 Å². The van der Waals surface area contributed by atoms with Gasteiger partial charge in [-0.05, 0) is 24.3 Å². The average molecular weight is 341 g/mol.